The monoisotopic (exact) mass is 517 g/mol. The zero-order valence-electron chi connectivity index (χ0n) is 18.4. The quantitative estimate of drug-likeness (QED) is 0.241. The second kappa shape index (κ2) is 11.9. The van der Waals surface area contributed by atoms with Crippen LogP contribution >= 0.6 is 15.9 Å². The lowest BCUT2D eigenvalue weighted by Gasteiger charge is -2.11. The maximum absolute atomic E-state index is 12.3. The van der Waals surface area contributed by atoms with Gasteiger partial charge in [-0.25, -0.2) is 0 Å². The number of hydrogen-bond acceptors (Lipinski definition) is 4. The van der Waals surface area contributed by atoms with E-state index < -0.39 is 0 Å². The summed E-state index contributed by atoms with van der Waals surface area (Å²) in [6, 6.07) is 32.7. The first-order valence-corrected chi connectivity index (χ1v) is 11.6. The van der Waals surface area contributed by atoms with Crippen LogP contribution in [0.3, 0.4) is 0 Å². The molecule has 34 heavy (non-hydrogen) atoms. The molecule has 0 aliphatic carbocycles. The number of amides is 1. The first-order valence-electron chi connectivity index (χ1n) is 10.9. The number of ether oxygens (including phenoxy) is 3. The SMILES string of the molecule is O=C(COc1ccc(-c2ccccc2)cc1Br)Nc1ccc(OCCOc2ccccc2)cc1. The Labute approximate surface area is 207 Å². The summed E-state index contributed by atoms with van der Waals surface area (Å²) in [7, 11) is 0. The molecule has 0 aliphatic heterocycles. The number of hydrogen-bond donors (Lipinski definition) is 1. The summed E-state index contributed by atoms with van der Waals surface area (Å²) in [5.41, 5.74) is 2.85. The fraction of sp³-hybridized carbons (Fsp3) is 0.107. The largest absolute Gasteiger partial charge is 0.490 e. The number of nitrogens with one attached hydrogen (secondary N) is 1. The minimum Gasteiger partial charge on any atom is -0.490 e. The Morgan fingerprint density at radius 3 is 1.94 bits per heavy atom. The van der Waals surface area contributed by atoms with Gasteiger partial charge in [0.15, 0.2) is 6.61 Å². The minimum absolute atomic E-state index is 0.0988. The Balaban J connectivity index is 1.21. The number of benzene rings is 4. The molecule has 172 valence electrons. The van der Waals surface area contributed by atoms with E-state index in [2.05, 4.69) is 21.2 Å². The molecule has 1 amide bonds. The van der Waals surface area contributed by atoms with Gasteiger partial charge in [-0.05, 0) is 75.6 Å². The number of halogens is 1. The highest BCUT2D eigenvalue weighted by Crippen LogP contribution is 2.30. The molecular weight excluding hydrogens is 494 g/mol. The first-order chi connectivity index (χ1) is 16.7. The third-order valence-corrected chi connectivity index (χ3v) is 5.52. The van der Waals surface area contributed by atoms with Crippen LogP contribution in [0.15, 0.2) is 108 Å². The number of anilines is 1. The van der Waals surface area contributed by atoms with Crippen LogP contribution in [0.1, 0.15) is 0 Å². The van der Waals surface area contributed by atoms with Crippen molar-refractivity contribution in [3.05, 3.63) is 108 Å². The molecule has 0 unspecified atom stereocenters. The van der Waals surface area contributed by atoms with Gasteiger partial charge in [0.05, 0.1) is 4.47 Å². The fourth-order valence-corrected chi connectivity index (χ4v) is 3.73. The van der Waals surface area contributed by atoms with Crippen LogP contribution in [-0.4, -0.2) is 25.7 Å². The van der Waals surface area contributed by atoms with Gasteiger partial charge in [-0.1, -0.05) is 54.6 Å². The van der Waals surface area contributed by atoms with E-state index in [9.17, 15) is 4.79 Å². The molecule has 0 bridgehead atoms. The summed E-state index contributed by atoms with van der Waals surface area (Å²) in [5.74, 6) is 1.87. The van der Waals surface area contributed by atoms with E-state index in [0.717, 1.165) is 21.3 Å². The highest BCUT2D eigenvalue weighted by molar-refractivity contribution is 9.10. The molecule has 0 saturated heterocycles. The molecule has 4 aromatic rings. The molecule has 5 nitrogen and oxygen atoms in total. The summed E-state index contributed by atoms with van der Waals surface area (Å²) < 4.78 is 17.8. The van der Waals surface area contributed by atoms with Crippen LogP contribution in [0.2, 0.25) is 0 Å². The van der Waals surface area contributed by atoms with E-state index >= 15 is 0 Å². The van der Waals surface area contributed by atoms with Gasteiger partial charge in [0, 0.05) is 5.69 Å². The number of carbonyl (C=O) groups is 1. The average Bonchev–Trinajstić information content (AvgIpc) is 2.88. The number of carbonyl (C=O) groups excluding carboxylic acids is 1. The lowest BCUT2D eigenvalue weighted by Crippen LogP contribution is -2.20. The second-order valence-corrected chi connectivity index (χ2v) is 8.24. The summed E-state index contributed by atoms with van der Waals surface area (Å²) >= 11 is 3.53. The van der Waals surface area contributed by atoms with Gasteiger partial charge in [-0.2, -0.15) is 0 Å². The van der Waals surface area contributed by atoms with Crippen LogP contribution < -0.4 is 19.5 Å². The highest BCUT2D eigenvalue weighted by Gasteiger charge is 2.08. The normalized spacial score (nSPS) is 10.4. The molecule has 0 saturated carbocycles. The summed E-state index contributed by atoms with van der Waals surface area (Å²) in [4.78, 5) is 12.3. The van der Waals surface area contributed by atoms with Gasteiger partial charge in [-0.15, -0.1) is 0 Å². The standard InChI is InChI=1S/C28H24BrNO4/c29-26-19-22(21-7-3-1-4-8-21)11-16-27(26)34-20-28(31)30-23-12-14-25(15-13-23)33-18-17-32-24-9-5-2-6-10-24/h1-16,19H,17-18,20H2,(H,30,31). The van der Waals surface area contributed by atoms with E-state index in [1.165, 1.54) is 0 Å². The lowest BCUT2D eigenvalue weighted by molar-refractivity contribution is -0.118. The van der Waals surface area contributed by atoms with E-state index in [-0.39, 0.29) is 12.5 Å². The van der Waals surface area contributed by atoms with Crippen LogP contribution in [0.25, 0.3) is 11.1 Å². The predicted molar refractivity (Wildman–Crippen MR) is 138 cm³/mol. The van der Waals surface area contributed by atoms with Crippen molar-refractivity contribution in [3.63, 3.8) is 0 Å². The van der Waals surface area contributed by atoms with E-state index in [1.807, 2.05) is 78.9 Å². The topological polar surface area (TPSA) is 56.8 Å². The predicted octanol–water partition coefficient (Wildman–Crippen LogP) is 6.59. The second-order valence-electron chi connectivity index (χ2n) is 7.38. The zero-order valence-corrected chi connectivity index (χ0v) is 20.0. The molecule has 0 aromatic heterocycles. The van der Waals surface area contributed by atoms with Crippen molar-refractivity contribution in [2.75, 3.05) is 25.1 Å². The zero-order chi connectivity index (χ0) is 23.6. The molecule has 0 fully saturated rings. The van der Waals surface area contributed by atoms with Crippen LogP contribution in [0, 0.1) is 0 Å². The van der Waals surface area contributed by atoms with E-state index in [4.69, 9.17) is 14.2 Å². The Bertz CT molecular complexity index is 1200. The van der Waals surface area contributed by atoms with Crippen LogP contribution in [-0.2, 0) is 4.79 Å². The van der Waals surface area contributed by atoms with Gasteiger partial charge in [0.25, 0.3) is 5.91 Å². The Hall–Kier alpha value is -3.77. The number of para-hydroxylation sites is 1. The van der Waals surface area contributed by atoms with Crippen molar-refractivity contribution >= 4 is 27.5 Å². The van der Waals surface area contributed by atoms with E-state index in [0.29, 0.717) is 30.4 Å². The van der Waals surface area contributed by atoms with Crippen molar-refractivity contribution in [3.8, 4) is 28.4 Å². The smallest absolute Gasteiger partial charge is 0.262 e. The Morgan fingerprint density at radius 2 is 1.29 bits per heavy atom. The number of rotatable bonds is 10. The van der Waals surface area contributed by atoms with Gasteiger partial charge in [-0.3, -0.25) is 4.79 Å². The fourth-order valence-electron chi connectivity index (χ4n) is 3.24. The van der Waals surface area contributed by atoms with Crippen molar-refractivity contribution in [1.29, 1.82) is 0 Å². The van der Waals surface area contributed by atoms with Crippen molar-refractivity contribution in [2.24, 2.45) is 0 Å². The summed E-state index contributed by atoms with van der Waals surface area (Å²) in [5, 5.41) is 2.83. The lowest BCUT2D eigenvalue weighted by atomic mass is 10.1. The average molecular weight is 518 g/mol. The maximum atomic E-state index is 12.3. The van der Waals surface area contributed by atoms with Gasteiger partial charge in [0.1, 0.15) is 30.5 Å². The molecule has 0 heterocycles. The van der Waals surface area contributed by atoms with E-state index in [1.54, 1.807) is 24.3 Å². The maximum Gasteiger partial charge on any atom is 0.262 e. The van der Waals surface area contributed by atoms with Gasteiger partial charge >= 0.3 is 0 Å². The first kappa shape index (κ1) is 23.4. The van der Waals surface area contributed by atoms with Gasteiger partial charge < -0.3 is 19.5 Å². The molecule has 0 spiro atoms. The summed E-state index contributed by atoms with van der Waals surface area (Å²) in [6.45, 7) is 0.770. The van der Waals surface area contributed by atoms with Crippen molar-refractivity contribution < 1.29 is 19.0 Å². The molecule has 4 aromatic carbocycles. The summed E-state index contributed by atoms with van der Waals surface area (Å²) in [6.07, 6.45) is 0. The molecule has 0 atom stereocenters. The highest BCUT2D eigenvalue weighted by atomic mass is 79.9. The van der Waals surface area contributed by atoms with Gasteiger partial charge in [0.2, 0.25) is 0 Å². The molecule has 0 aliphatic rings. The molecule has 4 rings (SSSR count). The molecule has 6 heteroatoms. The van der Waals surface area contributed by atoms with Crippen LogP contribution in [0.4, 0.5) is 5.69 Å². The third kappa shape index (κ3) is 6.86. The van der Waals surface area contributed by atoms with Crippen molar-refractivity contribution in [1.82, 2.24) is 0 Å². The Kier molecular flexibility index (Phi) is 8.19. The van der Waals surface area contributed by atoms with Crippen molar-refractivity contribution in [2.45, 2.75) is 0 Å². The molecule has 0 radical (unpaired) electrons. The minimum atomic E-state index is -0.246. The molecule has 1 N–H and O–H groups in total. The third-order valence-electron chi connectivity index (χ3n) is 4.90. The van der Waals surface area contributed by atoms with Crippen LogP contribution in [0.5, 0.6) is 17.2 Å². The molecular formula is C28H24BrNO4. The Morgan fingerprint density at radius 1 is 0.676 bits per heavy atom.